The molecule has 1 aromatic heterocycles. The minimum atomic E-state index is -1.02. The Balaban J connectivity index is 2.00. The van der Waals surface area contributed by atoms with E-state index in [1.165, 1.54) is 20.1 Å². The molecular formula is C22H34N4O6. The van der Waals surface area contributed by atoms with E-state index in [0.29, 0.717) is 12.2 Å². The van der Waals surface area contributed by atoms with E-state index in [0.717, 1.165) is 12.8 Å². The fourth-order valence-corrected chi connectivity index (χ4v) is 3.29. The van der Waals surface area contributed by atoms with Crippen LogP contribution in [-0.2, 0) is 19.1 Å². The van der Waals surface area contributed by atoms with E-state index < -0.39 is 35.8 Å². The number of aromatic nitrogens is 1. The summed E-state index contributed by atoms with van der Waals surface area (Å²) in [7, 11) is 1.41. The number of nitrogens with one attached hydrogen (secondary N) is 3. The Bertz CT molecular complexity index is 845. The van der Waals surface area contributed by atoms with Gasteiger partial charge in [-0.1, -0.05) is 25.9 Å². The number of aryl methyl sites for hydroxylation is 1. The van der Waals surface area contributed by atoms with Crippen LogP contribution in [0, 0.1) is 18.3 Å². The molecule has 1 aliphatic rings. The molecular weight excluding hydrogens is 416 g/mol. The van der Waals surface area contributed by atoms with Crippen molar-refractivity contribution in [3.05, 3.63) is 17.5 Å². The normalized spacial score (nSPS) is 17.2. The second-order valence-corrected chi connectivity index (χ2v) is 9.15. The SMILES string of the molecule is COC[C@H](NC(=O)[C@H](C)NC(=O)c1cc(C)on1)C(=O)N[C@@H](CC(C)C)C(=O)C1(C)CC1. The Morgan fingerprint density at radius 2 is 1.72 bits per heavy atom. The average molecular weight is 451 g/mol. The highest BCUT2D eigenvalue weighted by Crippen LogP contribution is 2.47. The zero-order valence-electron chi connectivity index (χ0n) is 19.6. The van der Waals surface area contributed by atoms with Crippen molar-refractivity contribution in [2.75, 3.05) is 13.7 Å². The van der Waals surface area contributed by atoms with Gasteiger partial charge in [0.1, 0.15) is 17.8 Å². The van der Waals surface area contributed by atoms with Crippen molar-refractivity contribution in [1.29, 1.82) is 0 Å². The molecule has 10 nitrogen and oxygen atoms in total. The molecule has 0 spiro atoms. The van der Waals surface area contributed by atoms with E-state index in [1.54, 1.807) is 6.92 Å². The van der Waals surface area contributed by atoms with Crippen LogP contribution in [-0.4, -0.2) is 60.5 Å². The van der Waals surface area contributed by atoms with Gasteiger partial charge >= 0.3 is 0 Å². The van der Waals surface area contributed by atoms with Crippen LogP contribution in [0.15, 0.2) is 10.6 Å². The highest BCUT2D eigenvalue weighted by Gasteiger charge is 2.48. The standard InChI is InChI=1S/C22H34N4O6/c1-12(2)9-15(18(27)22(5)7-8-22)24-21(30)17(11-31-6)25-19(28)14(4)23-20(29)16-10-13(3)32-26-16/h10,12,14-15,17H,7-9,11H2,1-6H3,(H,23,29)(H,24,30)(H,25,28)/t14-,15-,17-/m0/s1. The number of Topliss-reactive ketones (excluding diaryl/α,β-unsaturated/α-hetero) is 1. The average Bonchev–Trinajstić information content (AvgIpc) is 3.32. The molecule has 10 heteroatoms. The summed E-state index contributed by atoms with van der Waals surface area (Å²) in [4.78, 5) is 50.6. The van der Waals surface area contributed by atoms with Gasteiger partial charge in [0.25, 0.3) is 5.91 Å². The van der Waals surface area contributed by atoms with Crippen molar-refractivity contribution in [3.8, 4) is 0 Å². The van der Waals surface area contributed by atoms with Crippen molar-refractivity contribution in [2.45, 2.75) is 72.0 Å². The molecule has 3 N–H and O–H groups in total. The molecule has 2 rings (SSSR count). The third kappa shape index (κ3) is 6.88. The summed E-state index contributed by atoms with van der Waals surface area (Å²) < 4.78 is 9.95. The number of rotatable bonds is 12. The first-order valence-corrected chi connectivity index (χ1v) is 10.8. The lowest BCUT2D eigenvalue weighted by Crippen LogP contribution is -2.57. The third-order valence-corrected chi connectivity index (χ3v) is 5.50. The summed E-state index contributed by atoms with van der Waals surface area (Å²) >= 11 is 0. The predicted molar refractivity (Wildman–Crippen MR) is 116 cm³/mol. The molecule has 3 amide bonds. The van der Waals surface area contributed by atoms with Crippen LogP contribution in [0.4, 0.5) is 0 Å². The Kier molecular flexibility index (Phi) is 8.54. The van der Waals surface area contributed by atoms with Gasteiger partial charge in [0.05, 0.1) is 12.6 Å². The Morgan fingerprint density at radius 1 is 1.09 bits per heavy atom. The van der Waals surface area contributed by atoms with Crippen molar-refractivity contribution in [2.24, 2.45) is 11.3 Å². The van der Waals surface area contributed by atoms with Crippen molar-refractivity contribution in [3.63, 3.8) is 0 Å². The molecule has 1 aliphatic carbocycles. The number of amides is 3. The maximum atomic E-state index is 12.9. The van der Waals surface area contributed by atoms with E-state index in [4.69, 9.17) is 9.26 Å². The first-order valence-electron chi connectivity index (χ1n) is 10.8. The van der Waals surface area contributed by atoms with Gasteiger partial charge in [0.2, 0.25) is 11.8 Å². The molecule has 1 aromatic rings. The van der Waals surface area contributed by atoms with Gasteiger partial charge in [-0.25, -0.2) is 0 Å². The van der Waals surface area contributed by atoms with E-state index in [2.05, 4.69) is 21.1 Å². The molecule has 0 radical (unpaired) electrons. The molecule has 0 aliphatic heterocycles. The summed E-state index contributed by atoms with van der Waals surface area (Å²) in [6.07, 6.45) is 2.14. The van der Waals surface area contributed by atoms with E-state index >= 15 is 0 Å². The lowest BCUT2D eigenvalue weighted by atomic mass is 9.91. The van der Waals surface area contributed by atoms with Crippen LogP contribution in [0.1, 0.15) is 63.2 Å². The van der Waals surface area contributed by atoms with Crippen molar-refractivity contribution in [1.82, 2.24) is 21.1 Å². The smallest absolute Gasteiger partial charge is 0.274 e. The van der Waals surface area contributed by atoms with Gasteiger partial charge in [0.15, 0.2) is 11.5 Å². The number of methoxy groups -OCH3 is 1. The molecule has 178 valence electrons. The molecule has 0 aromatic carbocycles. The first kappa shape index (κ1) is 25.5. The zero-order valence-corrected chi connectivity index (χ0v) is 19.6. The van der Waals surface area contributed by atoms with Crippen LogP contribution in [0.2, 0.25) is 0 Å². The van der Waals surface area contributed by atoms with E-state index in [1.807, 2.05) is 20.8 Å². The van der Waals surface area contributed by atoms with Crippen LogP contribution in [0.3, 0.4) is 0 Å². The number of hydrogen-bond acceptors (Lipinski definition) is 7. The van der Waals surface area contributed by atoms with E-state index in [-0.39, 0.29) is 29.4 Å². The molecule has 1 fully saturated rings. The number of ketones is 1. The second kappa shape index (κ2) is 10.7. The first-order chi connectivity index (χ1) is 15.0. The number of hydrogen-bond donors (Lipinski definition) is 3. The number of carbonyl (C=O) groups excluding carboxylic acids is 4. The Labute approximate surface area is 188 Å². The van der Waals surface area contributed by atoms with Gasteiger partial charge in [-0.15, -0.1) is 0 Å². The number of carbonyl (C=O) groups is 4. The quantitative estimate of drug-likeness (QED) is 0.434. The molecule has 1 saturated carbocycles. The van der Waals surface area contributed by atoms with Gasteiger partial charge in [-0.3, -0.25) is 19.2 Å². The molecule has 3 atom stereocenters. The van der Waals surface area contributed by atoms with Gasteiger partial charge in [-0.2, -0.15) is 0 Å². The fraction of sp³-hybridized carbons (Fsp3) is 0.682. The summed E-state index contributed by atoms with van der Waals surface area (Å²) in [5.74, 6) is -0.957. The van der Waals surface area contributed by atoms with Crippen LogP contribution in [0.25, 0.3) is 0 Å². The fourth-order valence-electron chi connectivity index (χ4n) is 3.29. The Hall–Kier alpha value is -2.75. The van der Waals surface area contributed by atoms with Crippen molar-refractivity contribution < 1.29 is 28.4 Å². The van der Waals surface area contributed by atoms with Gasteiger partial charge in [0, 0.05) is 18.6 Å². The molecule has 0 unspecified atom stereocenters. The maximum Gasteiger partial charge on any atom is 0.274 e. The van der Waals surface area contributed by atoms with Crippen LogP contribution >= 0.6 is 0 Å². The highest BCUT2D eigenvalue weighted by molar-refractivity contribution is 5.98. The minimum absolute atomic E-state index is 0.0191. The van der Waals surface area contributed by atoms with Crippen LogP contribution < -0.4 is 16.0 Å². The van der Waals surface area contributed by atoms with Crippen molar-refractivity contribution >= 4 is 23.5 Å². The summed E-state index contributed by atoms with van der Waals surface area (Å²) in [6, 6.07) is -1.13. The molecule has 32 heavy (non-hydrogen) atoms. The molecule has 0 saturated heterocycles. The lowest BCUT2D eigenvalue weighted by Gasteiger charge is -2.26. The highest BCUT2D eigenvalue weighted by atomic mass is 16.5. The largest absolute Gasteiger partial charge is 0.382 e. The summed E-state index contributed by atoms with van der Waals surface area (Å²) in [5, 5.41) is 11.5. The zero-order chi connectivity index (χ0) is 24.1. The Morgan fingerprint density at radius 3 is 2.22 bits per heavy atom. The maximum absolute atomic E-state index is 12.9. The summed E-state index contributed by atoms with van der Waals surface area (Å²) in [5.41, 5.74) is -0.331. The monoisotopic (exact) mass is 450 g/mol. The molecule has 0 bridgehead atoms. The minimum Gasteiger partial charge on any atom is -0.382 e. The third-order valence-electron chi connectivity index (χ3n) is 5.50. The number of nitrogens with zero attached hydrogens (tertiary/aromatic N) is 1. The summed E-state index contributed by atoms with van der Waals surface area (Å²) in [6.45, 7) is 8.92. The lowest BCUT2D eigenvalue weighted by molar-refractivity contribution is -0.134. The second-order valence-electron chi connectivity index (χ2n) is 9.15. The van der Waals surface area contributed by atoms with Gasteiger partial charge < -0.3 is 25.2 Å². The van der Waals surface area contributed by atoms with Gasteiger partial charge in [-0.05, 0) is 39.0 Å². The number of ether oxygens (including phenoxy) is 1. The predicted octanol–water partition coefficient (Wildman–Crippen LogP) is 1.13. The van der Waals surface area contributed by atoms with E-state index in [9.17, 15) is 19.2 Å². The van der Waals surface area contributed by atoms with Crippen LogP contribution in [0.5, 0.6) is 0 Å². The molecule has 1 heterocycles. The topological polar surface area (TPSA) is 140 Å².